The normalized spacial score (nSPS) is 10.7. The molecule has 0 saturated heterocycles. The van der Waals surface area contributed by atoms with Gasteiger partial charge in [0.15, 0.2) is 17.5 Å². The first kappa shape index (κ1) is 19.2. The summed E-state index contributed by atoms with van der Waals surface area (Å²) in [6, 6.07) is 36.0. The Morgan fingerprint density at radius 2 is 0.935 bits per heavy atom. The first-order valence-electron chi connectivity index (χ1n) is 10.0. The molecule has 5 aromatic rings. The van der Waals surface area contributed by atoms with Gasteiger partial charge in [0, 0.05) is 16.7 Å². The minimum atomic E-state index is 0.555. The lowest BCUT2D eigenvalue weighted by Crippen LogP contribution is -2.00. The van der Waals surface area contributed by atoms with Crippen LogP contribution in [0.25, 0.3) is 45.3 Å². The maximum absolute atomic E-state index is 6.46. The fourth-order valence-electron chi connectivity index (χ4n) is 3.45. The van der Waals surface area contributed by atoms with Crippen molar-refractivity contribution in [1.82, 2.24) is 15.0 Å². The first-order valence-corrected chi connectivity index (χ1v) is 10.4. The molecule has 0 unspecified atom stereocenters. The molecule has 0 fully saturated rings. The van der Waals surface area contributed by atoms with Gasteiger partial charge in [0.25, 0.3) is 0 Å². The Hall–Kier alpha value is -3.82. The summed E-state index contributed by atoms with van der Waals surface area (Å²) in [6.45, 7) is 0. The summed E-state index contributed by atoms with van der Waals surface area (Å²) in [6.07, 6.45) is 0. The highest BCUT2D eigenvalue weighted by molar-refractivity contribution is 6.33. The van der Waals surface area contributed by atoms with Crippen molar-refractivity contribution in [2.75, 3.05) is 0 Å². The maximum Gasteiger partial charge on any atom is 0.165 e. The molecule has 1 aromatic heterocycles. The summed E-state index contributed by atoms with van der Waals surface area (Å²) >= 11 is 6.46. The van der Waals surface area contributed by atoms with Gasteiger partial charge in [-0.2, -0.15) is 0 Å². The van der Waals surface area contributed by atoms with Gasteiger partial charge >= 0.3 is 0 Å². The molecule has 5 rings (SSSR count). The van der Waals surface area contributed by atoms with Crippen LogP contribution in [0.15, 0.2) is 109 Å². The number of aromatic nitrogens is 3. The van der Waals surface area contributed by atoms with Crippen molar-refractivity contribution in [3.63, 3.8) is 0 Å². The molecule has 4 aromatic carbocycles. The van der Waals surface area contributed by atoms with Gasteiger partial charge in [-0.25, -0.2) is 15.0 Å². The van der Waals surface area contributed by atoms with Crippen LogP contribution in [0.4, 0.5) is 0 Å². The zero-order valence-electron chi connectivity index (χ0n) is 16.6. The molecule has 0 saturated carbocycles. The van der Waals surface area contributed by atoms with Gasteiger partial charge in [0.05, 0.1) is 5.02 Å². The molecule has 0 N–H and O–H groups in total. The highest BCUT2D eigenvalue weighted by atomic mass is 35.5. The van der Waals surface area contributed by atoms with Crippen LogP contribution in [-0.4, -0.2) is 15.0 Å². The monoisotopic (exact) mass is 419 g/mol. The van der Waals surface area contributed by atoms with Gasteiger partial charge in [-0.1, -0.05) is 103 Å². The van der Waals surface area contributed by atoms with Gasteiger partial charge in [0.1, 0.15) is 0 Å². The third-order valence-electron chi connectivity index (χ3n) is 5.01. The Bertz CT molecular complexity index is 1340. The quantitative estimate of drug-likeness (QED) is 0.309. The lowest BCUT2D eigenvalue weighted by Gasteiger charge is -2.10. The predicted octanol–water partition coefficient (Wildman–Crippen LogP) is 7.19. The molecule has 148 valence electrons. The van der Waals surface area contributed by atoms with Crippen molar-refractivity contribution in [3.8, 4) is 45.3 Å². The largest absolute Gasteiger partial charge is 0.208 e. The molecular weight excluding hydrogens is 402 g/mol. The average Bonchev–Trinajstić information content (AvgIpc) is 2.85. The van der Waals surface area contributed by atoms with E-state index in [0.717, 1.165) is 27.8 Å². The zero-order chi connectivity index (χ0) is 21.0. The van der Waals surface area contributed by atoms with Crippen LogP contribution in [0, 0.1) is 0 Å². The Labute approximate surface area is 186 Å². The van der Waals surface area contributed by atoms with Crippen molar-refractivity contribution < 1.29 is 0 Å². The number of benzene rings is 4. The number of rotatable bonds is 4. The van der Waals surface area contributed by atoms with Crippen LogP contribution in [0.1, 0.15) is 0 Å². The average molecular weight is 420 g/mol. The summed E-state index contributed by atoms with van der Waals surface area (Å²) in [5.41, 5.74) is 4.89. The van der Waals surface area contributed by atoms with Gasteiger partial charge in [-0.15, -0.1) is 0 Å². The number of hydrogen-bond donors (Lipinski definition) is 0. The van der Waals surface area contributed by atoms with E-state index in [-0.39, 0.29) is 0 Å². The zero-order valence-corrected chi connectivity index (χ0v) is 17.4. The molecule has 0 aliphatic carbocycles. The molecule has 1 heterocycles. The van der Waals surface area contributed by atoms with E-state index in [1.54, 1.807) is 0 Å². The summed E-state index contributed by atoms with van der Waals surface area (Å²) in [5.74, 6) is 1.78. The predicted molar refractivity (Wildman–Crippen MR) is 127 cm³/mol. The van der Waals surface area contributed by atoms with E-state index < -0.39 is 0 Å². The van der Waals surface area contributed by atoms with Crippen LogP contribution in [0.5, 0.6) is 0 Å². The maximum atomic E-state index is 6.46. The van der Waals surface area contributed by atoms with E-state index in [2.05, 4.69) is 24.3 Å². The number of nitrogens with zero attached hydrogens (tertiary/aromatic N) is 3. The molecule has 0 bridgehead atoms. The molecule has 0 atom stereocenters. The third-order valence-corrected chi connectivity index (χ3v) is 5.34. The molecule has 0 amide bonds. The molecule has 0 spiro atoms. The van der Waals surface area contributed by atoms with Crippen molar-refractivity contribution in [2.45, 2.75) is 0 Å². The van der Waals surface area contributed by atoms with Gasteiger partial charge in [0.2, 0.25) is 0 Å². The van der Waals surface area contributed by atoms with Crippen molar-refractivity contribution >= 4 is 11.6 Å². The van der Waals surface area contributed by atoms with Crippen molar-refractivity contribution in [3.05, 3.63) is 114 Å². The molecule has 31 heavy (non-hydrogen) atoms. The second-order valence-corrected chi connectivity index (χ2v) is 7.51. The Morgan fingerprint density at radius 1 is 0.419 bits per heavy atom. The summed E-state index contributed by atoms with van der Waals surface area (Å²) < 4.78 is 0. The van der Waals surface area contributed by atoms with Gasteiger partial charge < -0.3 is 0 Å². The van der Waals surface area contributed by atoms with E-state index >= 15 is 0 Å². The second-order valence-electron chi connectivity index (χ2n) is 7.10. The van der Waals surface area contributed by atoms with E-state index in [9.17, 15) is 0 Å². The third kappa shape index (κ3) is 4.09. The molecule has 3 nitrogen and oxygen atoms in total. The van der Waals surface area contributed by atoms with E-state index in [0.29, 0.717) is 22.5 Å². The Kier molecular flexibility index (Phi) is 5.26. The van der Waals surface area contributed by atoms with Crippen LogP contribution >= 0.6 is 11.6 Å². The summed E-state index contributed by atoms with van der Waals surface area (Å²) in [7, 11) is 0. The lowest BCUT2D eigenvalue weighted by atomic mass is 10.0. The van der Waals surface area contributed by atoms with E-state index in [1.807, 2.05) is 84.9 Å². The minimum Gasteiger partial charge on any atom is -0.208 e. The van der Waals surface area contributed by atoms with Crippen LogP contribution in [-0.2, 0) is 0 Å². The molecular formula is C27H18ClN3. The summed E-state index contributed by atoms with van der Waals surface area (Å²) in [4.78, 5) is 14.3. The van der Waals surface area contributed by atoms with E-state index in [4.69, 9.17) is 26.6 Å². The first-order chi connectivity index (χ1) is 15.3. The Morgan fingerprint density at radius 3 is 1.65 bits per heavy atom. The summed E-state index contributed by atoms with van der Waals surface area (Å²) in [5, 5.41) is 0.608. The second kappa shape index (κ2) is 8.50. The number of halogens is 1. The number of hydrogen-bond acceptors (Lipinski definition) is 3. The lowest BCUT2D eigenvalue weighted by molar-refractivity contribution is 1.07. The smallest absolute Gasteiger partial charge is 0.165 e. The van der Waals surface area contributed by atoms with Crippen LogP contribution in [0.2, 0.25) is 5.02 Å². The van der Waals surface area contributed by atoms with Crippen LogP contribution in [0.3, 0.4) is 0 Å². The highest BCUT2D eigenvalue weighted by Crippen LogP contribution is 2.30. The highest BCUT2D eigenvalue weighted by Gasteiger charge is 2.14. The minimum absolute atomic E-state index is 0.555. The van der Waals surface area contributed by atoms with E-state index in [1.165, 1.54) is 0 Å². The fourth-order valence-corrected chi connectivity index (χ4v) is 3.67. The molecule has 0 aliphatic heterocycles. The van der Waals surface area contributed by atoms with Gasteiger partial charge in [-0.05, 0) is 29.3 Å². The Balaban J connectivity index is 1.69. The molecule has 0 aliphatic rings. The van der Waals surface area contributed by atoms with Gasteiger partial charge in [-0.3, -0.25) is 0 Å². The molecule has 4 heteroatoms. The molecule has 0 radical (unpaired) electrons. The van der Waals surface area contributed by atoms with Crippen molar-refractivity contribution in [1.29, 1.82) is 0 Å². The SMILES string of the molecule is Clc1ccccc1-c1nc(-c2ccccc2)nc(-c2cccc(-c3ccccc3)c2)n1. The van der Waals surface area contributed by atoms with Crippen molar-refractivity contribution in [2.24, 2.45) is 0 Å². The fraction of sp³-hybridized carbons (Fsp3) is 0. The standard InChI is InChI=1S/C27H18ClN3/c28-24-17-8-7-16-23(24)27-30-25(20-12-5-2-6-13-20)29-26(31-27)22-15-9-14-21(18-22)19-10-3-1-4-11-19/h1-18H. The topological polar surface area (TPSA) is 38.7 Å². The van der Waals surface area contributed by atoms with Crippen LogP contribution < -0.4 is 0 Å².